The topological polar surface area (TPSA) is 49.4 Å². The van der Waals surface area contributed by atoms with Crippen LogP contribution >= 0.6 is 27.3 Å². The van der Waals surface area contributed by atoms with Crippen LogP contribution in [0.2, 0.25) is 0 Å². The van der Waals surface area contributed by atoms with Gasteiger partial charge in [-0.05, 0) is 28.1 Å². The Morgan fingerprint density at radius 3 is 2.73 bits per heavy atom. The molecular weight excluding hydrogens is 280 g/mol. The van der Waals surface area contributed by atoms with Crippen LogP contribution in [0.5, 0.6) is 0 Å². The van der Waals surface area contributed by atoms with Gasteiger partial charge in [0.15, 0.2) is 0 Å². The van der Waals surface area contributed by atoms with Gasteiger partial charge in [0.2, 0.25) is 0 Å². The molecule has 0 atom stereocenters. The predicted octanol–water partition coefficient (Wildman–Crippen LogP) is 2.03. The van der Waals surface area contributed by atoms with Gasteiger partial charge in [-0.2, -0.15) is 0 Å². The summed E-state index contributed by atoms with van der Waals surface area (Å²) in [6, 6.07) is 1.50. The normalized spacial score (nSPS) is 18.8. The smallest absolute Gasteiger partial charge is 0.303 e. The fourth-order valence-electron chi connectivity index (χ4n) is 1.17. The summed E-state index contributed by atoms with van der Waals surface area (Å²) in [6.45, 7) is 0. The van der Waals surface area contributed by atoms with Gasteiger partial charge >= 0.3 is 6.03 Å². The lowest BCUT2D eigenvalue weighted by Gasteiger charge is -1.99. The molecule has 2 heterocycles. The molecule has 0 aromatic carbocycles. The maximum Gasteiger partial charge on any atom is 0.328 e. The van der Waals surface area contributed by atoms with Crippen LogP contribution in [0, 0.1) is 0 Å². The average molecular weight is 287 g/mol. The van der Waals surface area contributed by atoms with Crippen molar-refractivity contribution in [2.45, 2.75) is 0 Å². The summed E-state index contributed by atoms with van der Waals surface area (Å²) in [5.41, 5.74) is 0.317. The molecule has 2 rings (SSSR count). The molecule has 3 amide bonds. The highest BCUT2D eigenvalue weighted by atomic mass is 79.9. The van der Waals surface area contributed by atoms with Gasteiger partial charge in [0.1, 0.15) is 5.70 Å². The van der Waals surface area contributed by atoms with Crippen molar-refractivity contribution in [1.29, 1.82) is 0 Å². The largest absolute Gasteiger partial charge is 0.328 e. The Hall–Kier alpha value is -1.14. The maximum absolute atomic E-state index is 11.5. The summed E-state index contributed by atoms with van der Waals surface area (Å²) in [5.74, 6) is -0.301. The first-order valence-electron chi connectivity index (χ1n) is 4.12. The first-order valence-corrected chi connectivity index (χ1v) is 5.80. The number of likely N-dealkylation sites (N-methyl/N-ethyl adjacent to an activating group) is 1. The van der Waals surface area contributed by atoms with Crippen LogP contribution in [-0.4, -0.2) is 23.9 Å². The van der Waals surface area contributed by atoms with Gasteiger partial charge in [0.25, 0.3) is 5.91 Å². The number of imide groups is 1. The number of carbonyl (C=O) groups is 2. The summed E-state index contributed by atoms with van der Waals surface area (Å²) in [6.07, 6.45) is 1.67. The lowest BCUT2D eigenvalue weighted by molar-refractivity contribution is -0.121. The third kappa shape index (κ3) is 1.95. The molecule has 1 aliphatic heterocycles. The van der Waals surface area contributed by atoms with E-state index in [1.54, 1.807) is 6.08 Å². The lowest BCUT2D eigenvalue weighted by atomic mass is 10.3. The number of carbonyl (C=O) groups excluding carboxylic acids is 2. The zero-order chi connectivity index (χ0) is 11.0. The van der Waals surface area contributed by atoms with Crippen LogP contribution in [0.1, 0.15) is 4.88 Å². The standard InChI is InChI=1S/C9H7BrN2O2S/c1-12-8(13)7(11-9(12)14)3-6-2-5(10)4-15-6/h2-4H,1H3,(H,11,14)/b7-3+. The van der Waals surface area contributed by atoms with Crippen LogP contribution in [0.25, 0.3) is 6.08 Å². The van der Waals surface area contributed by atoms with E-state index in [0.29, 0.717) is 5.70 Å². The minimum Gasteiger partial charge on any atom is -0.303 e. The fourth-order valence-corrected chi connectivity index (χ4v) is 2.55. The van der Waals surface area contributed by atoms with Gasteiger partial charge in [-0.3, -0.25) is 9.69 Å². The van der Waals surface area contributed by atoms with Crippen molar-refractivity contribution in [2.24, 2.45) is 0 Å². The Morgan fingerprint density at radius 2 is 2.27 bits per heavy atom. The molecule has 0 radical (unpaired) electrons. The van der Waals surface area contributed by atoms with E-state index in [1.165, 1.54) is 18.4 Å². The van der Waals surface area contributed by atoms with Crippen molar-refractivity contribution in [3.05, 3.63) is 26.5 Å². The van der Waals surface area contributed by atoms with Gasteiger partial charge in [-0.15, -0.1) is 11.3 Å². The maximum atomic E-state index is 11.5. The number of nitrogens with one attached hydrogen (secondary N) is 1. The Labute approximate surface area is 98.7 Å². The minimum absolute atomic E-state index is 0.301. The minimum atomic E-state index is -0.387. The van der Waals surface area contributed by atoms with Crippen LogP contribution in [0.4, 0.5) is 4.79 Å². The fraction of sp³-hybridized carbons (Fsp3) is 0.111. The highest BCUT2D eigenvalue weighted by Crippen LogP contribution is 2.22. The van der Waals surface area contributed by atoms with Crippen LogP contribution in [-0.2, 0) is 4.79 Å². The summed E-state index contributed by atoms with van der Waals surface area (Å²) >= 11 is 4.81. The van der Waals surface area contributed by atoms with Gasteiger partial charge < -0.3 is 5.32 Å². The number of halogens is 1. The third-order valence-electron chi connectivity index (χ3n) is 1.96. The molecule has 1 N–H and O–H groups in total. The molecule has 1 aromatic rings. The first kappa shape index (κ1) is 10.4. The van der Waals surface area contributed by atoms with Crippen molar-refractivity contribution in [1.82, 2.24) is 10.2 Å². The van der Waals surface area contributed by atoms with E-state index < -0.39 is 0 Å². The predicted molar refractivity (Wildman–Crippen MR) is 61.3 cm³/mol. The molecule has 1 aromatic heterocycles. The molecule has 1 saturated heterocycles. The molecule has 1 fully saturated rings. The molecule has 0 saturated carbocycles. The third-order valence-corrected chi connectivity index (χ3v) is 3.60. The van der Waals surface area contributed by atoms with E-state index in [4.69, 9.17) is 0 Å². The summed E-state index contributed by atoms with van der Waals surface area (Å²) in [7, 11) is 1.45. The molecule has 0 unspecified atom stereocenters. The van der Waals surface area contributed by atoms with Crippen molar-refractivity contribution in [3.8, 4) is 0 Å². The van der Waals surface area contributed by atoms with Crippen molar-refractivity contribution in [3.63, 3.8) is 0 Å². The number of hydrogen-bond donors (Lipinski definition) is 1. The van der Waals surface area contributed by atoms with E-state index in [-0.39, 0.29) is 11.9 Å². The van der Waals surface area contributed by atoms with E-state index in [1.807, 2.05) is 11.4 Å². The van der Waals surface area contributed by atoms with Gasteiger partial charge in [0.05, 0.1) is 0 Å². The Balaban J connectivity index is 2.29. The van der Waals surface area contributed by atoms with E-state index >= 15 is 0 Å². The van der Waals surface area contributed by atoms with Crippen molar-refractivity contribution < 1.29 is 9.59 Å². The first-order chi connectivity index (χ1) is 7.08. The number of nitrogens with zero attached hydrogens (tertiary/aromatic N) is 1. The van der Waals surface area contributed by atoms with Crippen molar-refractivity contribution >= 4 is 45.3 Å². The summed E-state index contributed by atoms with van der Waals surface area (Å²) in [4.78, 5) is 24.6. The number of urea groups is 1. The second-order valence-electron chi connectivity index (χ2n) is 3.02. The second kappa shape index (κ2) is 3.79. The molecule has 78 valence electrons. The molecule has 1 aliphatic rings. The summed E-state index contributed by atoms with van der Waals surface area (Å²) < 4.78 is 0.962. The van der Waals surface area contributed by atoms with Gasteiger partial charge in [-0.25, -0.2) is 4.79 Å². The SMILES string of the molecule is CN1C(=O)N/C(=C/c2cc(Br)cs2)C1=O. The van der Waals surface area contributed by atoms with E-state index in [9.17, 15) is 9.59 Å². The number of thiophene rings is 1. The molecule has 0 spiro atoms. The zero-order valence-corrected chi connectivity index (χ0v) is 10.2. The highest BCUT2D eigenvalue weighted by Gasteiger charge is 2.29. The van der Waals surface area contributed by atoms with E-state index in [2.05, 4.69) is 21.2 Å². The second-order valence-corrected chi connectivity index (χ2v) is 4.88. The molecule has 6 heteroatoms. The Kier molecular flexibility index (Phi) is 2.62. The molecule has 0 aliphatic carbocycles. The zero-order valence-electron chi connectivity index (χ0n) is 7.78. The monoisotopic (exact) mass is 286 g/mol. The van der Waals surface area contributed by atoms with Crippen LogP contribution < -0.4 is 5.32 Å². The molecule has 0 bridgehead atoms. The molecule has 4 nitrogen and oxygen atoms in total. The van der Waals surface area contributed by atoms with E-state index in [0.717, 1.165) is 14.2 Å². The highest BCUT2D eigenvalue weighted by molar-refractivity contribution is 9.10. The Bertz CT molecular complexity index is 466. The quantitative estimate of drug-likeness (QED) is 0.634. The van der Waals surface area contributed by atoms with Gasteiger partial charge in [0, 0.05) is 21.8 Å². The number of hydrogen-bond acceptors (Lipinski definition) is 3. The van der Waals surface area contributed by atoms with Crippen LogP contribution in [0.15, 0.2) is 21.6 Å². The average Bonchev–Trinajstić information content (AvgIpc) is 2.68. The van der Waals surface area contributed by atoms with Crippen molar-refractivity contribution in [2.75, 3.05) is 7.05 Å². The summed E-state index contributed by atoms with van der Waals surface area (Å²) in [5, 5.41) is 4.42. The molecule has 15 heavy (non-hydrogen) atoms. The van der Waals surface area contributed by atoms with Crippen LogP contribution in [0.3, 0.4) is 0 Å². The number of amides is 3. The number of rotatable bonds is 1. The van der Waals surface area contributed by atoms with Gasteiger partial charge in [-0.1, -0.05) is 0 Å². The molecular formula is C9H7BrN2O2S. The Morgan fingerprint density at radius 1 is 1.53 bits per heavy atom. The lowest BCUT2D eigenvalue weighted by Crippen LogP contribution is -2.25.